The average molecular weight is 397 g/mol. The first-order valence-corrected chi connectivity index (χ1v) is 9.77. The zero-order valence-corrected chi connectivity index (χ0v) is 16.2. The van der Waals surface area contributed by atoms with Gasteiger partial charge in [0.25, 0.3) is 10.0 Å². The highest BCUT2D eigenvalue weighted by Gasteiger charge is 2.27. The number of nitrogens with one attached hydrogen (secondary N) is 1. The van der Waals surface area contributed by atoms with E-state index in [0.717, 1.165) is 9.87 Å². The fourth-order valence-electron chi connectivity index (χ4n) is 2.31. The van der Waals surface area contributed by atoms with Crippen molar-refractivity contribution >= 4 is 33.2 Å². The van der Waals surface area contributed by atoms with Gasteiger partial charge in [0.05, 0.1) is 17.2 Å². The van der Waals surface area contributed by atoms with Gasteiger partial charge in [0.1, 0.15) is 6.54 Å². The van der Waals surface area contributed by atoms with E-state index in [-0.39, 0.29) is 11.4 Å². The van der Waals surface area contributed by atoms with Gasteiger partial charge in [-0.1, -0.05) is 23.7 Å². The average Bonchev–Trinajstić information content (AvgIpc) is 2.60. The lowest BCUT2D eigenvalue weighted by molar-refractivity contribution is -0.119. The van der Waals surface area contributed by atoms with E-state index in [1.54, 1.807) is 18.2 Å². The molecule has 0 aliphatic carbocycles. The number of methoxy groups -OCH3 is 1. The van der Waals surface area contributed by atoms with Crippen LogP contribution in [0, 0.1) is 6.92 Å². The fraction of sp³-hybridized carbons (Fsp3) is 0.278. The minimum absolute atomic E-state index is 0.0631. The lowest BCUT2D eigenvalue weighted by Gasteiger charge is -2.24. The van der Waals surface area contributed by atoms with Crippen molar-refractivity contribution in [2.45, 2.75) is 11.8 Å². The molecule has 0 aliphatic heterocycles. The summed E-state index contributed by atoms with van der Waals surface area (Å²) in [6.45, 7) is 2.17. The second kappa shape index (κ2) is 9.02. The summed E-state index contributed by atoms with van der Waals surface area (Å²) in [5, 5.41) is 3.07. The molecule has 8 heteroatoms. The summed E-state index contributed by atoms with van der Waals surface area (Å²) in [5.74, 6) is -0.416. The molecule has 0 heterocycles. The molecule has 0 saturated heterocycles. The molecule has 0 atom stereocenters. The van der Waals surface area contributed by atoms with Gasteiger partial charge in [-0.2, -0.15) is 0 Å². The SMILES string of the molecule is COCCNC(=O)CN(c1cccc(C)c1)S(=O)(=O)c1ccc(Cl)cc1. The molecule has 6 nitrogen and oxygen atoms in total. The van der Waals surface area contributed by atoms with Gasteiger partial charge >= 0.3 is 0 Å². The molecule has 2 aromatic rings. The predicted octanol–water partition coefficient (Wildman–Crippen LogP) is 2.61. The zero-order chi connectivity index (χ0) is 19.2. The Morgan fingerprint density at radius 3 is 2.50 bits per heavy atom. The Morgan fingerprint density at radius 1 is 1.19 bits per heavy atom. The number of benzene rings is 2. The summed E-state index contributed by atoms with van der Waals surface area (Å²) in [7, 11) is -2.41. The Kier molecular flexibility index (Phi) is 7.02. The van der Waals surface area contributed by atoms with Crippen LogP contribution in [0.25, 0.3) is 0 Å². The predicted molar refractivity (Wildman–Crippen MR) is 102 cm³/mol. The first kappa shape index (κ1) is 20.2. The number of carbonyl (C=O) groups is 1. The summed E-state index contributed by atoms with van der Waals surface area (Å²) in [6.07, 6.45) is 0. The summed E-state index contributed by atoms with van der Waals surface area (Å²) in [5.41, 5.74) is 1.31. The van der Waals surface area contributed by atoms with Gasteiger partial charge in [-0.3, -0.25) is 9.10 Å². The van der Waals surface area contributed by atoms with Crippen LogP contribution in [0.1, 0.15) is 5.56 Å². The molecule has 26 heavy (non-hydrogen) atoms. The number of amides is 1. The molecule has 140 valence electrons. The van der Waals surface area contributed by atoms with Crippen molar-refractivity contribution in [2.24, 2.45) is 0 Å². The zero-order valence-electron chi connectivity index (χ0n) is 14.6. The second-order valence-corrected chi connectivity index (χ2v) is 7.95. The molecule has 0 radical (unpaired) electrons. The van der Waals surface area contributed by atoms with Crippen LogP contribution in [0.5, 0.6) is 0 Å². The number of nitrogens with zero attached hydrogens (tertiary/aromatic N) is 1. The number of aryl methyl sites for hydroxylation is 1. The van der Waals surface area contributed by atoms with Crippen molar-refractivity contribution in [3.05, 3.63) is 59.1 Å². The number of carbonyl (C=O) groups excluding carboxylic acids is 1. The molecule has 1 amide bonds. The number of hydrogen-bond acceptors (Lipinski definition) is 4. The quantitative estimate of drug-likeness (QED) is 0.696. The van der Waals surface area contributed by atoms with Crippen molar-refractivity contribution < 1.29 is 17.9 Å². The van der Waals surface area contributed by atoms with Crippen molar-refractivity contribution in [2.75, 3.05) is 31.1 Å². The highest BCUT2D eigenvalue weighted by Crippen LogP contribution is 2.25. The summed E-state index contributed by atoms with van der Waals surface area (Å²) in [6, 6.07) is 12.8. The van der Waals surface area contributed by atoms with Crippen molar-refractivity contribution in [3.63, 3.8) is 0 Å². The highest BCUT2D eigenvalue weighted by atomic mass is 35.5. The van der Waals surface area contributed by atoms with E-state index in [2.05, 4.69) is 5.32 Å². The molecule has 0 saturated carbocycles. The molecule has 0 aromatic heterocycles. The van der Waals surface area contributed by atoms with Crippen LogP contribution in [-0.2, 0) is 19.6 Å². The number of hydrogen-bond donors (Lipinski definition) is 1. The number of anilines is 1. The topological polar surface area (TPSA) is 75.7 Å². The fourth-order valence-corrected chi connectivity index (χ4v) is 3.85. The summed E-state index contributed by atoms with van der Waals surface area (Å²) >= 11 is 5.85. The van der Waals surface area contributed by atoms with Gasteiger partial charge in [0.2, 0.25) is 5.91 Å². The van der Waals surface area contributed by atoms with Gasteiger partial charge in [-0.25, -0.2) is 8.42 Å². The molecule has 1 N–H and O–H groups in total. The third-order valence-corrected chi connectivity index (χ3v) is 5.65. The van der Waals surface area contributed by atoms with Gasteiger partial charge in [0.15, 0.2) is 0 Å². The lowest BCUT2D eigenvalue weighted by atomic mass is 10.2. The molecule has 0 fully saturated rings. The maximum atomic E-state index is 13.1. The Balaban J connectivity index is 2.36. The maximum Gasteiger partial charge on any atom is 0.264 e. The third kappa shape index (κ3) is 5.20. The smallest absolute Gasteiger partial charge is 0.264 e. The third-order valence-electron chi connectivity index (χ3n) is 3.61. The van der Waals surface area contributed by atoms with Crippen LogP contribution in [0.15, 0.2) is 53.4 Å². The van der Waals surface area contributed by atoms with Crippen LogP contribution in [0.3, 0.4) is 0 Å². The first-order valence-electron chi connectivity index (χ1n) is 7.95. The van der Waals surface area contributed by atoms with Gasteiger partial charge in [-0.05, 0) is 48.9 Å². The molecule has 0 unspecified atom stereocenters. The van der Waals surface area contributed by atoms with E-state index < -0.39 is 15.9 Å². The van der Waals surface area contributed by atoms with Crippen LogP contribution in [-0.4, -0.2) is 41.1 Å². The van der Waals surface area contributed by atoms with Crippen molar-refractivity contribution in [1.29, 1.82) is 0 Å². The number of halogens is 1. The van der Waals surface area contributed by atoms with E-state index in [0.29, 0.717) is 23.9 Å². The number of rotatable bonds is 8. The molecule has 2 rings (SSSR count). The van der Waals surface area contributed by atoms with E-state index in [9.17, 15) is 13.2 Å². The van der Waals surface area contributed by atoms with Gasteiger partial charge < -0.3 is 10.1 Å². The van der Waals surface area contributed by atoms with Gasteiger partial charge in [-0.15, -0.1) is 0 Å². The first-order chi connectivity index (χ1) is 12.3. The summed E-state index contributed by atoms with van der Waals surface area (Å²) < 4.78 is 32.2. The van der Waals surface area contributed by atoms with Gasteiger partial charge in [0, 0.05) is 18.7 Å². The van der Waals surface area contributed by atoms with E-state index >= 15 is 0 Å². The lowest BCUT2D eigenvalue weighted by Crippen LogP contribution is -2.41. The second-order valence-electron chi connectivity index (χ2n) is 5.65. The molecular formula is C18H21ClN2O4S. The maximum absolute atomic E-state index is 13.1. The molecule has 0 aliphatic rings. The van der Waals surface area contributed by atoms with Crippen LogP contribution in [0.2, 0.25) is 5.02 Å². The van der Waals surface area contributed by atoms with E-state index in [1.165, 1.54) is 31.4 Å². The van der Waals surface area contributed by atoms with Crippen LogP contribution < -0.4 is 9.62 Å². The van der Waals surface area contributed by atoms with Crippen molar-refractivity contribution in [3.8, 4) is 0 Å². The number of sulfonamides is 1. The molecule has 0 bridgehead atoms. The van der Waals surface area contributed by atoms with E-state index in [1.807, 2.05) is 13.0 Å². The van der Waals surface area contributed by atoms with E-state index in [4.69, 9.17) is 16.3 Å². The standard InChI is InChI=1S/C18H21ClN2O4S/c1-14-4-3-5-16(12-14)21(13-18(22)20-10-11-25-2)26(23,24)17-8-6-15(19)7-9-17/h3-9,12H,10-11,13H2,1-2H3,(H,20,22). The monoisotopic (exact) mass is 396 g/mol. The highest BCUT2D eigenvalue weighted by molar-refractivity contribution is 7.92. The van der Waals surface area contributed by atoms with Crippen LogP contribution in [0.4, 0.5) is 5.69 Å². The Labute approximate surface area is 158 Å². The minimum atomic E-state index is -3.93. The minimum Gasteiger partial charge on any atom is -0.383 e. The summed E-state index contributed by atoms with van der Waals surface area (Å²) in [4.78, 5) is 12.3. The Morgan fingerprint density at radius 2 is 1.88 bits per heavy atom. The largest absolute Gasteiger partial charge is 0.383 e. The molecule has 0 spiro atoms. The normalized spacial score (nSPS) is 11.2. The molecule has 2 aromatic carbocycles. The molecular weight excluding hydrogens is 376 g/mol. The van der Waals surface area contributed by atoms with Crippen molar-refractivity contribution in [1.82, 2.24) is 5.32 Å². The Hall–Kier alpha value is -2.09. The Bertz CT molecular complexity index is 854. The van der Waals surface area contributed by atoms with Crippen LogP contribution >= 0.6 is 11.6 Å². The number of ether oxygens (including phenoxy) is 1.